The lowest BCUT2D eigenvalue weighted by Gasteiger charge is -2.29. The number of nitrogens with zero attached hydrogens (tertiary/aromatic N) is 2. The highest BCUT2D eigenvalue weighted by atomic mass is 16.5. The molecule has 0 spiro atoms. The van der Waals surface area contributed by atoms with Gasteiger partial charge in [-0.05, 0) is 35.2 Å². The number of carbonyl (C=O) groups excluding carboxylic acids is 3. The molecule has 1 unspecified atom stereocenters. The van der Waals surface area contributed by atoms with Crippen LogP contribution in [0.15, 0.2) is 36.4 Å². The largest absolute Gasteiger partial charge is 0.489 e. The fourth-order valence-corrected chi connectivity index (χ4v) is 4.53. The highest BCUT2D eigenvalue weighted by Gasteiger charge is 2.40. The van der Waals surface area contributed by atoms with Gasteiger partial charge in [0.2, 0.25) is 11.8 Å². The number of imide groups is 1. The highest BCUT2D eigenvalue weighted by molar-refractivity contribution is 6.05. The van der Waals surface area contributed by atoms with Crippen LogP contribution in [0.5, 0.6) is 5.75 Å². The third-order valence-corrected chi connectivity index (χ3v) is 6.20. The van der Waals surface area contributed by atoms with E-state index in [0.29, 0.717) is 30.8 Å². The summed E-state index contributed by atoms with van der Waals surface area (Å²) in [4.78, 5) is 50.7. The van der Waals surface area contributed by atoms with E-state index >= 15 is 0 Å². The Bertz CT molecular complexity index is 1160. The van der Waals surface area contributed by atoms with E-state index in [2.05, 4.69) is 5.32 Å². The second-order valence-corrected chi connectivity index (χ2v) is 8.21. The van der Waals surface area contributed by atoms with Crippen molar-refractivity contribution >= 4 is 23.8 Å². The third kappa shape index (κ3) is 3.45. The summed E-state index contributed by atoms with van der Waals surface area (Å²) < 4.78 is 6.03. The Morgan fingerprint density at radius 2 is 1.91 bits per heavy atom. The van der Waals surface area contributed by atoms with Crippen LogP contribution in [-0.2, 0) is 35.8 Å². The topological polar surface area (TPSA) is 116 Å². The van der Waals surface area contributed by atoms with E-state index in [0.717, 1.165) is 22.3 Å². The van der Waals surface area contributed by atoms with Crippen molar-refractivity contribution in [1.29, 1.82) is 0 Å². The molecule has 0 bridgehead atoms. The van der Waals surface area contributed by atoms with Gasteiger partial charge in [-0.15, -0.1) is 0 Å². The summed E-state index contributed by atoms with van der Waals surface area (Å²) in [6, 6.07) is 10.4. The van der Waals surface area contributed by atoms with Gasteiger partial charge in [0.25, 0.3) is 5.91 Å². The maximum atomic E-state index is 12.9. The molecule has 9 heteroatoms. The molecule has 2 N–H and O–H groups in total. The van der Waals surface area contributed by atoms with E-state index in [1.807, 2.05) is 18.2 Å². The van der Waals surface area contributed by atoms with Gasteiger partial charge in [0, 0.05) is 30.6 Å². The molecule has 0 radical (unpaired) electrons. The molecule has 3 aliphatic rings. The van der Waals surface area contributed by atoms with Gasteiger partial charge < -0.3 is 14.7 Å². The molecule has 0 saturated carbocycles. The fourth-order valence-electron chi connectivity index (χ4n) is 4.53. The number of benzene rings is 2. The van der Waals surface area contributed by atoms with E-state index in [-0.39, 0.29) is 31.4 Å². The van der Waals surface area contributed by atoms with Gasteiger partial charge in [0.15, 0.2) is 0 Å². The van der Waals surface area contributed by atoms with Crippen LogP contribution in [0.25, 0.3) is 0 Å². The first kappa shape index (κ1) is 20.0. The van der Waals surface area contributed by atoms with E-state index in [1.165, 1.54) is 9.80 Å². The third-order valence-electron chi connectivity index (χ3n) is 6.20. The molecule has 9 nitrogen and oxygen atoms in total. The predicted octanol–water partition coefficient (Wildman–Crippen LogP) is 2.02. The second-order valence-electron chi connectivity index (χ2n) is 8.21. The Hall–Kier alpha value is -3.88. The fraction of sp³-hybridized carbons (Fsp3) is 0.304. The summed E-state index contributed by atoms with van der Waals surface area (Å²) >= 11 is 0. The summed E-state index contributed by atoms with van der Waals surface area (Å²) in [5.41, 5.74) is 4.08. The van der Waals surface area contributed by atoms with Crippen molar-refractivity contribution in [3.63, 3.8) is 0 Å². The van der Waals surface area contributed by atoms with E-state index in [9.17, 15) is 24.3 Å². The van der Waals surface area contributed by atoms with Crippen molar-refractivity contribution in [3.05, 3.63) is 64.2 Å². The van der Waals surface area contributed by atoms with Crippen molar-refractivity contribution in [2.75, 3.05) is 0 Å². The summed E-state index contributed by atoms with van der Waals surface area (Å²) in [5.74, 6) is -0.441. The minimum absolute atomic E-state index is 0.206. The maximum absolute atomic E-state index is 12.9. The first-order valence-corrected chi connectivity index (χ1v) is 10.4. The molecule has 4 amide bonds. The molecule has 0 aliphatic carbocycles. The van der Waals surface area contributed by atoms with Gasteiger partial charge in [0.05, 0.1) is 6.54 Å². The molecule has 164 valence electrons. The minimum atomic E-state index is -0.941. The first-order valence-electron chi connectivity index (χ1n) is 10.4. The lowest BCUT2D eigenvalue weighted by atomic mass is 10.0. The molecule has 32 heavy (non-hydrogen) atoms. The van der Waals surface area contributed by atoms with E-state index < -0.39 is 18.0 Å². The summed E-state index contributed by atoms with van der Waals surface area (Å²) in [6.45, 7) is 1.25. The van der Waals surface area contributed by atoms with Gasteiger partial charge in [-0.3, -0.25) is 24.6 Å². The number of fused-ring (bicyclic) bond motifs is 2. The Morgan fingerprint density at radius 3 is 2.69 bits per heavy atom. The van der Waals surface area contributed by atoms with Crippen molar-refractivity contribution in [1.82, 2.24) is 15.1 Å². The molecule has 1 saturated heterocycles. The Labute approximate surface area is 183 Å². The highest BCUT2D eigenvalue weighted by Crippen LogP contribution is 2.34. The SMILES string of the molecule is O=C1CCC(N2Cc3c(OCc4ccc5c(c4)CN(C(=O)O)C5)cccc3C2=O)C(=O)N1. The van der Waals surface area contributed by atoms with Crippen LogP contribution in [0.4, 0.5) is 4.79 Å². The average Bonchev–Trinajstić information content (AvgIpc) is 3.34. The van der Waals surface area contributed by atoms with Crippen LogP contribution in [0.1, 0.15) is 45.5 Å². The van der Waals surface area contributed by atoms with Gasteiger partial charge >= 0.3 is 6.09 Å². The molecule has 5 rings (SSSR count). The molecule has 1 fully saturated rings. The maximum Gasteiger partial charge on any atom is 0.407 e. The van der Waals surface area contributed by atoms with Crippen LogP contribution < -0.4 is 10.1 Å². The van der Waals surface area contributed by atoms with Gasteiger partial charge in [-0.1, -0.05) is 24.3 Å². The molecule has 1 atom stereocenters. The summed E-state index contributed by atoms with van der Waals surface area (Å²) in [5, 5.41) is 11.5. The number of amides is 4. The lowest BCUT2D eigenvalue weighted by molar-refractivity contribution is -0.136. The average molecular weight is 435 g/mol. The predicted molar refractivity (Wildman–Crippen MR) is 111 cm³/mol. The molecule has 0 aromatic heterocycles. The van der Waals surface area contributed by atoms with Crippen molar-refractivity contribution in [3.8, 4) is 5.75 Å². The zero-order valence-electron chi connectivity index (χ0n) is 17.2. The molecule has 3 heterocycles. The first-order chi connectivity index (χ1) is 15.4. The van der Waals surface area contributed by atoms with Gasteiger partial charge in [0.1, 0.15) is 18.4 Å². The number of rotatable bonds is 4. The van der Waals surface area contributed by atoms with E-state index in [4.69, 9.17) is 4.74 Å². The molecular weight excluding hydrogens is 414 g/mol. The van der Waals surface area contributed by atoms with Gasteiger partial charge in [-0.2, -0.15) is 0 Å². The zero-order chi connectivity index (χ0) is 22.4. The van der Waals surface area contributed by atoms with E-state index in [1.54, 1.807) is 18.2 Å². The summed E-state index contributed by atoms with van der Waals surface area (Å²) in [6.07, 6.45) is -0.426. The van der Waals surface area contributed by atoms with Crippen LogP contribution in [0.3, 0.4) is 0 Å². The normalized spacial score (nSPS) is 19.6. The number of nitrogens with one attached hydrogen (secondary N) is 1. The van der Waals surface area contributed by atoms with Crippen molar-refractivity contribution in [2.24, 2.45) is 0 Å². The molecule has 3 aliphatic heterocycles. The number of hydrogen-bond acceptors (Lipinski definition) is 5. The van der Waals surface area contributed by atoms with Crippen LogP contribution in [0.2, 0.25) is 0 Å². The smallest absolute Gasteiger partial charge is 0.407 e. The molecule has 2 aromatic rings. The van der Waals surface area contributed by atoms with Crippen molar-refractivity contribution in [2.45, 2.75) is 45.1 Å². The van der Waals surface area contributed by atoms with Gasteiger partial charge in [-0.25, -0.2) is 4.79 Å². The zero-order valence-corrected chi connectivity index (χ0v) is 17.2. The standard InChI is InChI=1S/C23H21N3O6/c27-20-7-6-18(21(28)24-20)26-11-17-16(22(26)29)2-1-3-19(17)32-12-13-4-5-14-9-25(23(30)31)10-15(14)8-13/h1-5,8,18H,6-7,9-12H2,(H,30,31)(H,24,27,28). The van der Waals surface area contributed by atoms with Crippen molar-refractivity contribution < 1.29 is 29.0 Å². The second kappa shape index (κ2) is 7.67. The van der Waals surface area contributed by atoms with Crippen LogP contribution in [0, 0.1) is 0 Å². The minimum Gasteiger partial charge on any atom is -0.489 e. The Balaban J connectivity index is 1.31. The quantitative estimate of drug-likeness (QED) is 0.710. The van der Waals surface area contributed by atoms with Crippen LogP contribution >= 0.6 is 0 Å². The lowest BCUT2D eigenvalue weighted by Crippen LogP contribution is -2.52. The number of piperidine rings is 1. The van der Waals surface area contributed by atoms with Crippen LogP contribution in [-0.4, -0.2) is 44.8 Å². The summed E-state index contributed by atoms with van der Waals surface area (Å²) in [7, 11) is 0. The number of carboxylic acid groups (broad SMARTS) is 1. The number of hydrogen-bond donors (Lipinski definition) is 2. The molecule has 2 aromatic carbocycles. The Kier molecular flexibility index (Phi) is 4.80. The Morgan fingerprint density at radius 1 is 1.09 bits per heavy atom. The number of carbonyl (C=O) groups is 4. The number of ether oxygens (including phenoxy) is 1. The molecular formula is C23H21N3O6. The monoisotopic (exact) mass is 435 g/mol.